The molecule has 1 aliphatic carbocycles. The zero-order valence-corrected chi connectivity index (χ0v) is 16.2. The van der Waals surface area contributed by atoms with Gasteiger partial charge in [-0.15, -0.1) is 0 Å². The van der Waals surface area contributed by atoms with Crippen molar-refractivity contribution in [2.45, 2.75) is 30.3 Å². The minimum Gasteiger partial charge on any atom is -0.348 e. The molecular formula is C16H18N6O3S2. The average molecular weight is 406 g/mol. The van der Waals surface area contributed by atoms with Gasteiger partial charge in [0.05, 0.1) is 29.6 Å². The third kappa shape index (κ3) is 4.24. The van der Waals surface area contributed by atoms with E-state index in [4.69, 9.17) is 17.5 Å². The molecule has 1 heterocycles. The van der Waals surface area contributed by atoms with Crippen molar-refractivity contribution in [3.63, 3.8) is 0 Å². The van der Waals surface area contributed by atoms with E-state index >= 15 is 0 Å². The number of hydrogen-bond acceptors (Lipinski definition) is 6. The molecule has 0 atom stereocenters. The molecule has 1 aromatic heterocycles. The highest BCUT2D eigenvalue weighted by molar-refractivity contribution is 7.89. The molecule has 0 radical (unpaired) electrons. The summed E-state index contributed by atoms with van der Waals surface area (Å²) >= 11 is 5.18. The van der Waals surface area contributed by atoms with E-state index in [1.54, 1.807) is 0 Å². The van der Waals surface area contributed by atoms with E-state index in [9.17, 15) is 13.2 Å². The maximum Gasteiger partial charge on any atom is 0.243 e. The Kier molecular flexibility index (Phi) is 5.41. The number of nitriles is 1. The average Bonchev–Trinajstić information content (AvgIpc) is 3.42. The van der Waals surface area contributed by atoms with Gasteiger partial charge in [-0.25, -0.2) is 8.42 Å². The van der Waals surface area contributed by atoms with Crippen molar-refractivity contribution in [1.29, 1.82) is 5.26 Å². The number of hydrogen-bond donors (Lipinski definition) is 2. The Morgan fingerprint density at radius 2 is 2.11 bits per heavy atom. The molecule has 9 nitrogen and oxygen atoms in total. The highest BCUT2D eigenvalue weighted by atomic mass is 32.2. The fourth-order valence-corrected chi connectivity index (χ4v) is 4.00. The number of likely N-dealkylation sites (N-methyl/N-ethyl adjacent to an activating group) is 1. The van der Waals surface area contributed by atoms with Gasteiger partial charge in [0.1, 0.15) is 0 Å². The lowest BCUT2D eigenvalue weighted by Crippen LogP contribution is -2.38. The maximum atomic E-state index is 12.5. The predicted molar refractivity (Wildman–Crippen MR) is 98.5 cm³/mol. The van der Waals surface area contributed by atoms with Gasteiger partial charge in [0.25, 0.3) is 0 Å². The van der Waals surface area contributed by atoms with Crippen LogP contribution in [0, 0.1) is 16.1 Å². The summed E-state index contributed by atoms with van der Waals surface area (Å²) in [5, 5.41) is 18.3. The molecule has 27 heavy (non-hydrogen) atoms. The van der Waals surface area contributed by atoms with Gasteiger partial charge in [-0.05, 0) is 49.3 Å². The molecule has 3 rings (SSSR count). The second kappa shape index (κ2) is 7.59. The summed E-state index contributed by atoms with van der Waals surface area (Å²) in [6.07, 6.45) is 2.06. The van der Waals surface area contributed by atoms with Crippen LogP contribution in [-0.2, 0) is 21.4 Å². The predicted octanol–water partition coefficient (Wildman–Crippen LogP) is 1.08. The molecule has 1 aliphatic rings. The summed E-state index contributed by atoms with van der Waals surface area (Å²) in [4.78, 5) is 12.2. The smallest absolute Gasteiger partial charge is 0.243 e. The molecule has 142 valence electrons. The van der Waals surface area contributed by atoms with Gasteiger partial charge in [0.15, 0.2) is 10.6 Å². The van der Waals surface area contributed by atoms with Gasteiger partial charge in [-0.2, -0.15) is 14.7 Å². The maximum absolute atomic E-state index is 12.5. The number of benzene rings is 1. The lowest BCUT2D eigenvalue weighted by atomic mass is 10.2. The number of carbonyl (C=O) groups is 1. The summed E-state index contributed by atoms with van der Waals surface area (Å²) < 4.78 is 28.4. The molecule has 0 aliphatic heterocycles. The summed E-state index contributed by atoms with van der Waals surface area (Å²) in [7, 11) is -2.50. The number of sulfonamides is 1. The van der Waals surface area contributed by atoms with Crippen LogP contribution < -0.4 is 5.32 Å². The largest absolute Gasteiger partial charge is 0.348 e. The van der Waals surface area contributed by atoms with Crippen molar-refractivity contribution in [2.75, 3.05) is 13.6 Å². The molecule has 0 saturated heterocycles. The minimum absolute atomic E-state index is 0.0198. The van der Waals surface area contributed by atoms with Gasteiger partial charge in [-0.3, -0.25) is 14.5 Å². The Morgan fingerprint density at radius 1 is 1.44 bits per heavy atom. The molecule has 1 fully saturated rings. The number of carbonyl (C=O) groups excluding carboxylic acids is 1. The topological polar surface area (TPSA) is 124 Å². The number of rotatable bonds is 7. The number of nitrogens with one attached hydrogen (secondary N) is 2. The Bertz CT molecular complexity index is 1050. The fraction of sp³-hybridized carbons (Fsp3) is 0.375. The second-order valence-corrected chi connectivity index (χ2v) is 8.65. The second-order valence-electron chi connectivity index (χ2n) is 6.22. The first-order valence-corrected chi connectivity index (χ1v) is 10.1. The molecule has 2 aromatic rings. The monoisotopic (exact) mass is 406 g/mol. The van der Waals surface area contributed by atoms with E-state index in [1.807, 2.05) is 10.6 Å². The SMILES string of the molecule is CN(CC(=O)NCc1n[nH]c(=S)n1C1CC1)S(=O)(=O)c1ccc(C#N)cc1. The van der Waals surface area contributed by atoms with Crippen molar-refractivity contribution in [3.05, 3.63) is 40.4 Å². The van der Waals surface area contributed by atoms with Crippen LogP contribution in [0.2, 0.25) is 0 Å². The van der Waals surface area contributed by atoms with Crippen molar-refractivity contribution in [2.24, 2.45) is 0 Å². The molecule has 2 N–H and O–H groups in total. The summed E-state index contributed by atoms with van der Waals surface area (Å²) in [6, 6.07) is 7.77. The summed E-state index contributed by atoms with van der Waals surface area (Å²) in [6.45, 7) is -0.176. The lowest BCUT2D eigenvalue weighted by molar-refractivity contribution is -0.121. The Morgan fingerprint density at radius 3 is 2.70 bits per heavy atom. The molecule has 1 amide bonds. The molecular weight excluding hydrogens is 388 g/mol. The number of aromatic amines is 1. The third-order valence-corrected chi connectivity index (χ3v) is 6.30. The molecule has 1 saturated carbocycles. The van der Waals surface area contributed by atoms with E-state index in [1.165, 1.54) is 31.3 Å². The van der Waals surface area contributed by atoms with Crippen LogP contribution in [0.5, 0.6) is 0 Å². The molecule has 0 unspecified atom stereocenters. The standard InChI is InChI=1S/C16H18N6O3S2/c1-21(27(24,25)13-6-2-11(8-17)3-7-13)10-15(23)18-9-14-19-20-16(26)22(14)12-4-5-12/h2-3,6-7,12H,4-5,9-10H2,1H3,(H,18,23)(H,20,26). The summed E-state index contributed by atoms with van der Waals surface area (Å²) in [5.41, 5.74) is 0.360. The van der Waals surface area contributed by atoms with Crippen molar-refractivity contribution in [3.8, 4) is 6.07 Å². The molecule has 0 bridgehead atoms. The quantitative estimate of drug-likeness (QED) is 0.663. The zero-order valence-electron chi connectivity index (χ0n) is 14.5. The number of nitrogens with zero attached hydrogens (tertiary/aromatic N) is 4. The molecule has 1 aromatic carbocycles. The minimum atomic E-state index is -3.83. The van der Waals surface area contributed by atoms with Crippen LogP contribution in [-0.4, -0.2) is 47.0 Å². The van der Waals surface area contributed by atoms with Gasteiger partial charge in [-0.1, -0.05) is 0 Å². The van der Waals surface area contributed by atoms with Gasteiger partial charge >= 0.3 is 0 Å². The van der Waals surface area contributed by atoms with Crippen LogP contribution in [0.15, 0.2) is 29.2 Å². The van der Waals surface area contributed by atoms with Crippen molar-refractivity contribution >= 4 is 28.1 Å². The van der Waals surface area contributed by atoms with Gasteiger partial charge in [0.2, 0.25) is 15.9 Å². The van der Waals surface area contributed by atoms with Gasteiger partial charge in [0, 0.05) is 13.1 Å². The highest BCUT2D eigenvalue weighted by Gasteiger charge is 2.27. The number of aromatic nitrogens is 3. The number of H-pyrrole nitrogens is 1. The van der Waals surface area contributed by atoms with E-state index in [0.717, 1.165) is 17.1 Å². The third-order valence-electron chi connectivity index (χ3n) is 4.19. The number of amides is 1. The van der Waals surface area contributed by atoms with E-state index in [-0.39, 0.29) is 18.0 Å². The first-order valence-electron chi connectivity index (χ1n) is 8.22. The zero-order chi connectivity index (χ0) is 19.6. The first-order chi connectivity index (χ1) is 12.8. The van der Waals surface area contributed by atoms with Crippen molar-refractivity contribution < 1.29 is 13.2 Å². The van der Waals surface area contributed by atoms with Crippen LogP contribution >= 0.6 is 12.2 Å². The highest BCUT2D eigenvalue weighted by Crippen LogP contribution is 2.35. The first kappa shape index (κ1) is 19.2. The van der Waals surface area contributed by atoms with Crippen LogP contribution in [0.3, 0.4) is 0 Å². The normalized spacial score (nSPS) is 14.1. The fourth-order valence-electron chi connectivity index (χ4n) is 2.57. The molecule has 11 heteroatoms. The molecule has 0 spiro atoms. The van der Waals surface area contributed by atoms with E-state index in [0.29, 0.717) is 22.2 Å². The summed E-state index contributed by atoms with van der Waals surface area (Å²) in [5.74, 6) is 0.166. The van der Waals surface area contributed by atoms with Crippen LogP contribution in [0.4, 0.5) is 0 Å². The Hall–Kier alpha value is -2.55. The van der Waals surface area contributed by atoms with E-state index in [2.05, 4.69) is 15.5 Å². The van der Waals surface area contributed by atoms with Gasteiger partial charge < -0.3 is 5.32 Å². The Labute approximate surface area is 161 Å². The van der Waals surface area contributed by atoms with E-state index < -0.39 is 15.9 Å². The lowest BCUT2D eigenvalue weighted by Gasteiger charge is -2.17. The Balaban J connectivity index is 1.61. The van der Waals surface area contributed by atoms with Crippen LogP contribution in [0.1, 0.15) is 30.3 Å². The van der Waals surface area contributed by atoms with Crippen molar-refractivity contribution in [1.82, 2.24) is 24.4 Å². The van der Waals surface area contributed by atoms with Crippen LogP contribution in [0.25, 0.3) is 0 Å².